The third kappa shape index (κ3) is 4.61. The van der Waals surface area contributed by atoms with Crippen molar-refractivity contribution < 1.29 is 28.3 Å². The van der Waals surface area contributed by atoms with Gasteiger partial charge < -0.3 is 9.84 Å². The summed E-state index contributed by atoms with van der Waals surface area (Å²) in [5.41, 5.74) is 2.48. The summed E-state index contributed by atoms with van der Waals surface area (Å²) in [5, 5.41) is 21.0. The first kappa shape index (κ1) is 22.2. The lowest BCUT2D eigenvalue weighted by Crippen LogP contribution is -2.54. The van der Waals surface area contributed by atoms with E-state index < -0.39 is 28.1 Å². The number of nitrogens with one attached hydrogen (secondary N) is 1. The topological polar surface area (TPSA) is 116 Å². The Kier molecular flexibility index (Phi) is 6.43. The van der Waals surface area contributed by atoms with Crippen molar-refractivity contribution in [2.45, 2.75) is 36.5 Å². The summed E-state index contributed by atoms with van der Waals surface area (Å²) in [5.74, 6) is -0.363. The molecule has 4 rings (SSSR count). The molecule has 0 spiro atoms. The normalized spacial score (nSPS) is 19.6. The van der Waals surface area contributed by atoms with Crippen molar-refractivity contribution in [3.8, 4) is 5.75 Å². The molecular weight excluding hydrogens is 432 g/mol. The number of ether oxygens (including phenoxy) is 1. The summed E-state index contributed by atoms with van der Waals surface area (Å²) in [6.07, 6.45) is -0.686. The van der Waals surface area contributed by atoms with Crippen molar-refractivity contribution in [1.29, 1.82) is 0 Å². The number of sulfonamides is 1. The standard InChI is InChI=1S/C23H24N2O6S/c26-19-11-12-25(22(14-19)23(27)24-28)32(29,30)21-9-7-20(8-10-21)31-15-16-5-6-17-3-1-2-4-18(17)13-16/h1-10,13,19,22,26,28H,11-12,14-15H2,(H,24,27). The molecule has 3 aromatic rings. The van der Waals surface area contributed by atoms with Crippen LogP contribution in [0.2, 0.25) is 0 Å². The van der Waals surface area contributed by atoms with Crippen molar-refractivity contribution in [1.82, 2.24) is 9.79 Å². The van der Waals surface area contributed by atoms with Crippen molar-refractivity contribution in [3.63, 3.8) is 0 Å². The maximum Gasteiger partial charge on any atom is 0.261 e. The highest BCUT2D eigenvalue weighted by atomic mass is 32.2. The van der Waals surface area contributed by atoms with Gasteiger partial charge in [0.1, 0.15) is 18.4 Å². The van der Waals surface area contributed by atoms with Gasteiger partial charge in [0, 0.05) is 6.54 Å². The molecule has 0 radical (unpaired) electrons. The van der Waals surface area contributed by atoms with Crippen LogP contribution >= 0.6 is 0 Å². The predicted molar refractivity (Wildman–Crippen MR) is 118 cm³/mol. The first-order chi connectivity index (χ1) is 15.4. The average molecular weight is 457 g/mol. The number of hydrogen-bond donors (Lipinski definition) is 3. The van der Waals surface area contributed by atoms with E-state index in [4.69, 9.17) is 9.94 Å². The van der Waals surface area contributed by atoms with Gasteiger partial charge in [0.25, 0.3) is 5.91 Å². The highest BCUT2D eigenvalue weighted by molar-refractivity contribution is 7.89. The van der Waals surface area contributed by atoms with Crippen LogP contribution in [0.5, 0.6) is 5.75 Å². The zero-order valence-electron chi connectivity index (χ0n) is 17.2. The maximum absolute atomic E-state index is 13.1. The number of piperidine rings is 1. The summed E-state index contributed by atoms with van der Waals surface area (Å²) in [4.78, 5) is 12.0. The molecule has 32 heavy (non-hydrogen) atoms. The molecule has 8 nitrogen and oxygen atoms in total. The van der Waals surface area contributed by atoms with Crippen molar-refractivity contribution in [2.24, 2.45) is 0 Å². The number of carbonyl (C=O) groups is 1. The number of aliphatic hydroxyl groups excluding tert-OH is 1. The Bertz CT molecular complexity index is 1210. The molecule has 1 amide bonds. The Morgan fingerprint density at radius 3 is 2.50 bits per heavy atom. The lowest BCUT2D eigenvalue weighted by Gasteiger charge is -2.35. The third-order valence-electron chi connectivity index (χ3n) is 5.59. The first-order valence-electron chi connectivity index (χ1n) is 10.2. The lowest BCUT2D eigenvalue weighted by atomic mass is 10.0. The Morgan fingerprint density at radius 2 is 1.78 bits per heavy atom. The number of hydrogen-bond acceptors (Lipinski definition) is 6. The van der Waals surface area contributed by atoms with Gasteiger partial charge in [0.2, 0.25) is 10.0 Å². The Hall–Kier alpha value is -2.98. The number of aliphatic hydroxyl groups is 1. The van der Waals surface area contributed by atoms with Gasteiger partial charge in [-0.15, -0.1) is 0 Å². The SMILES string of the molecule is O=C(NO)C1CC(O)CCN1S(=O)(=O)c1ccc(OCc2ccc3ccccc3c2)cc1. The molecule has 1 fully saturated rings. The van der Waals surface area contributed by atoms with Crippen LogP contribution in [0.3, 0.4) is 0 Å². The molecule has 0 saturated carbocycles. The number of fused-ring (bicyclic) bond motifs is 1. The molecule has 1 saturated heterocycles. The van der Waals surface area contributed by atoms with Crippen LogP contribution in [0, 0.1) is 0 Å². The summed E-state index contributed by atoms with van der Waals surface area (Å²) < 4.78 is 33.0. The van der Waals surface area contributed by atoms with Crippen LogP contribution in [-0.4, -0.2) is 47.6 Å². The molecule has 3 aromatic carbocycles. The van der Waals surface area contributed by atoms with E-state index in [-0.39, 0.29) is 24.3 Å². The van der Waals surface area contributed by atoms with E-state index in [0.717, 1.165) is 20.6 Å². The minimum Gasteiger partial charge on any atom is -0.489 e. The fourth-order valence-corrected chi connectivity index (χ4v) is 5.48. The monoisotopic (exact) mass is 456 g/mol. The molecule has 1 heterocycles. The van der Waals surface area contributed by atoms with E-state index in [1.807, 2.05) is 42.5 Å². The summed E-state index contributed by atoms with van der Waals surface area (Å²) in [6, 6.07) is 18.9. The molecular formula is C23H24N2O6S. The van der Waals surface area contributed by atoms with Gasteiger partial charge in [-0.25, -0.2) is 13.9 Å². The van der Waals surface area contributed by atoms with E-state index >= 15 is 0 Å². The van der Waals surface area contributed by atoms with Crippen LogP contribution in [0.15, 0.2) is 71.6 Å². The quantitative estimate of drug-likeness (QED) is 0.388. The largest absolute Gasteiger partial charge is 0.489 e. The predicted octanol–water partition coefficient (Wildman–Crippen LogP) is 2.44. The number of rotatable bonds is 6. The van der Waals surface area contributed by atoms with E-state index in [1.165, 1.54) is 17.6 Å². The van der Waals surface area contributed by atoms with Crippen LogP contribution in [0.1, 0.15) is 18.4 Å². The van der Waals surface area contributed by atoms with E-state index in [0.29, 0.717) is 12.4 Å². The smallest absolute Gasteiger partial charge is 0.261 e. The van der Waals surface area contributed by atoms with Crippen molar-refractivity contribution in [3.05, 3.63) is 72.3 Å². The lowest BCUT2D eigenvalue weighted by molar-refractivity contribution is -0.135. The fourth-order valence-electron chi connectivity index (χ4n) is 3.86. The molecule has 1 aliphatic heterocycles. The summed E-state index contributed by atoms with van der Waals surface area (Å²) >= 11 is 0. The Labute approximate surface area is 186 Å². The second-order valence-corrected chi connectivity index (χ2v) is 9.62. The molecule has 0 aromatic heterocycles. The van der Waals surface area contributed by atoms with Crippen molar-refractivity contribution in [2.75, 3.05) is 6.54 Å². The highest BCUT2D eigenvalue weighted by Crippen LogP contribution is 2.27. The van der Waals surface area contributed by atoms with Crippen LogP contribution in [0.25, 0.3) is 10.8 Å². The van der Waals surface area contributed by atoms with E-state index in [2.05, 4.69) is 0 Å². The van der Waals surface area contributed by atoms with Crippen LogP contribution < -0.4 is 10.2 Å². The zero-order chi connectivity index (χ0) is 22.7. The Morgan fingerprint density at radius 1 is 1.06 bits per heavy atom. The van der Waals surface area contributed by atoms with Gasteiger partial charge in [0.15, 0.2) is 0 Å². The second kappa shape index (κ2) is 9.25. The van der Waals surface area contributed by atoms with Gasteiger partial charge >= 0.3 is 0 Å². The molecule has 168 valence electrons. The fraction of sp³-hybridized carbons (Fsp3) is 0.261. The van der Waals surface area contributed by atoms with Gasteiger partial charge in [-0.1, -0.05) is 36.4 Å². The number of nitrogens with zero attached hydrogens (tertiary/aromatic N) is 1. The van der Waals surface area contributed by atoms with Gasteiger partial charge in [-0.05, 0) is 59.5 Å². The van der Waals surface area contributed by atoms with Gasteiger partial charge in [-0.3, -0.25) is 10.0 Å². The second-order valence-electron chi connectivity index (χ2n) is 7.73. The number of carbonyl (C=O) groups excluding carboxylic acids is 1. The van der Waals surface area contributed by atoms with E-state index in [1.54, 1.807) is 12.1 Å². The van der Waals surface area contributed by atoms with Gasteiger partial charge in [0.05, 0.1) is 11.0 Å². The Balaban J connectivity index is 1.47. The highest BCUT2D eigenvalue weighted by Gasteiger charge is 2.40. The summed E-state index contributed by atoms with van der Waals surface area (Å²) in [7, 11) is -4.00. The van der Waals surface area contributed by atoms with Crippen LogP contribution in [-0.2, 0) is 21.4 Å². The third-order valence-corrected chi connectivity index (χ3v) is 7.51. The first-order valence-corrected chi connectivity index (χ1v) is 11.7. The maximum atomic E-state index is 13.1. The molecule has 1 aliphatic rings. The molecule has 2 atom stereocenters. The molecule has 9 heteroatoms. The molecule has 0 aliphatic carbocycles. The molecule has 2 unspecified atom stereocenters. The van der Waals surface area contributed by atoms with Gasteiger partial charge in [-0.2, -0.15) is 4.31 Å². The minimum absolute atomic E-state index is 0.00249. The zero-order valence-corrected chi connectivity index (χ0v) is 18.0. The number of benzene rings is 3. The minimum atomic E-state index is -4.00. The number of hydroxylamine groups is 1. The average Bonchev–Trinajstić information content (AvgIpc) is 2.82. The van der Waals surface area contributed by atoms with Crippen LogP contribution in [0.4, 0.5) is 0 Å². The molecule has 0 bridgehead atoms. The summed E-state index contributed by atoms with van der Waals surface area (Å²) in [6.45, 7) is 0.307. The van der Waals surface area contributed by atoms with Crippen molar-refractivity contribution >= 4 is 26.7 Å². The number of amides is 1. The molecule has 3 N–H and O–H groups in total. The van der Waals surface area contributed by atoms with E-state index in [9.17, 15) is 18.3 Å².